The summed E-state index contributed by atoms with van der Waals surface area (Å²) in [5.41, 5.74) is 0.881. The average molecular weight is 269 g/mol. The van der Waals surface area contributed by atoms with Crippen LogP contribution in [-0.2, 0) is 6.42 Å². The Labute approximate surface area is 111 Å². The fourth-order valence-corrected chi connectivity index (χ4v) is 2.23. The van der Waals surface area contributed by atoms with Crippen LogP contribution in [0.15, 0.2) is 34.7 Å². The molecule has 0 fully saturated rings. The molecule has 0 aliphatic rings. The maximum absolute atomic E-state index is 6.13. The van der Waals surface area contributed by atoms with Crippen molar-refractivity contribution in [1.29, 1.82) is 0 Å². The zero-order valence-electron chi connectivity index (χ0n) is 9.84. The van der Waals surface area contributed by atoms with Crippen molar-refractivity contribution in [3.8, 4) is 11.3 Å². The molecular weight excluding hydrogens is 255 g/mol. The van der Waals surface area contributed by atoms with Gasteiger partial charge in [0, 0.05) is 17.0 Å². The molecule has 0 aliphatic carbocycles. The smallest absolute Gasteiger partial charge is 0.135 e. The average Bonchev–Trinajstić information content (AvgIpc) is 2.65. The predicted octanol–water partition coefficient (Wildman–Crippen LogP) is 5.45. The van der Waals surface area contributed by atoms with E-state index in [1.165, 1.54) is 0 Å². The summed E-state index contributed by atoms with van der Waals surface area (Å²) in [4.78, 5) is 0. The van der Waals surface area contributed by atoms with Crippen LogP contribution in [0.2, 0.25) is 10.0 Å². The van der Waals surface area contributed by atoms with Crippen molar-refractivity contribution in [2.45, 2.75) is 20.3 Å². The Balaban J connectivity index is 2.30. The number of hydrogen-bond donors (Lipinski definition) is 0. The summed E-state index contributed by atoms with van der Waals surface area (Å²) in [6.07, 6.45) is 0.936. The molecule has 0 bridgehead atoms. The molecule has 1 aromatic heterocycles. The quantitative estimate of drug-likeness (QED) is 0.721. The first-order chi connectivity index (χ1) is 8.06. The molecule has 0 saturated heterocycles. The molecule has 1 heterocycles. The largest absolute Gasteiger partial charge is 0.461 e. The van der Waals surface area contributed by atoms with Crippen LogP contribution in [0, 0.1) is 5.92 Å². The Bertz CT molecular complexity index is 515. The van der Waals surface area contributed by atoms with Gasteiger partial charge in [0.2, 0.25) is 0 Å². The van der Waals surface area contributed by atoms with Crippen LogP contribution < -0.4 is 0 Å². The van der Waals surface area contributed by atoms with E-state index in [9.17, 15) is 0 Å². The Hall–Kier alpha value is -0.920. The van der Waals surface area contributed by atoms with Crippen LogP contribution in [0.25, 0.3) is 11.3 Å². The molecule has 1 aromatic carbocycles. The SMILES string of the molecule is CC(C)Cc1ccc(-c2ccc(Cl)cc2Cl)o1. The van der Waals surface area contributed by atoms with Gasteiger partial charge in [-0.15, -0.1) is 0 Å². The Morgan fingerprint density at radius 3 is 2.53 bits per heavy atom. The van der Waals surface area contributed by atoms with Crippen molar-refractivity contribution in [3.05, 3.63) is 46.1 Å². The molecule has 0 saturated carbocycles. The number of hydrogen-bond acceptors (Lipinski definition) is 1. The van der Waals surface area contributed by atoms with Gasteiger partial charge in [0.25, 0.3) is 0 Å². The summed E-state index contributed by atoms with van der Waals surface area (Å²) in [6, 6.07) is 9.37. The highest BCUT2D eigenvalue weighted by Gasteiger charge is 2.09. The van der Waals surface area contributed by atoms with E-state index in [-0.39, 0.29) is 0 Å². The monoisotopic (exact) mass is 268 g/mol. The third-order valence-electron chi connectivity index (χ3n) is 2.47. The second-order valence-electron chi connectivity index (χ2n) is 4.49. The van der Waals surface area contributed by atoms with Gasteiger partial charge < -0.3 is 4.42 Å². The van der Waals surface area contributed by atoms with Gasteiger partial charge in [-0.25, -0.2) is 0 Å². The lowest BCUT2D eigenvalue weighted by molar-refractivity contribution is 0.482. The third kappa shape index (κ3) is 3.05. The standard InChI is InChI=1S/C14H14Cl2O/c1-9(2)7-11-4-6-14(17-11)12-5-3-10(15)8-13(12)16/h3-6,8-9H,7H2,1-2H3. The highest BCUT2D eigenvalue weighted by Crippen LogP contribution is 2.31. The number of benzene rings is 1. The minimum Gasteiger partial charge on any atom is -0.461 e. The first-order valence-electron chi connectivity index (χ1n) is 5.60. The summed E-state index contributed by atoms with van der Waals surface area (Å²) >= 11 is 12.0. The lowest BCUT2D eigenvalue weighted by Gasteiger charge is -2.02. The number of halogens is 2. The molecule has 0 radical (unpaired) electrons. The summed E-state index contributed by atoms with van der Waals surface area (Å²) < 4.78 is 5.77. The molecule has 0 amide bonds. The van der Waals surface area contributed by atoms with E-state index in [1.54, 1.807) is 6.07 Å². The molecule has 0 unspecified atom stereocenters. The molecule has 2 aromatic rings. The van der Waals surface area contributed by atoms with E-state index in [2.05, 4.69) is 13.8 Å². The maximum Gasteiger partial charge on any atom is 0.135 e. The van der Waals surface area contributed by atoms with Gasteiger partial charge in [-0.3, -0.25) is 0 Å². The third-order valence-corrected chi connectivity index (χ3v) is 3.02. The summed E-state index contributed by atoms with van der Waals surface area (Å²) in [5.74, 6) is 2.36. The van der Waals surface area contributed by atoms with Gasteiger partial charge in [0.15, 0.2) is 0 Å². The minimum atomic E-state index is 0.578. The van der Waals surface area contributed by atoms with Crippen molar-refractivity contribution >= 4 is 23.2 Å². The lowest BCUT2D eigenvalue weighted by Crippen LogP contribution is -1.90. The Morgan fingerprint density at radius 2 is 1.88 bits per heavy atom. The van der Waals surface area contributed by atoms with E-state index in [1.807, 2.05) is 24.3 Å². The zero-order chi connectivity index (χ0) is 12.4. The van der Waals surface area contributed by atoms with E-state index in [0.29, 0.717) is 16.0 Å². The van der Waals surface area contributed by atoms with Gasteiger partial charge in [-0.2, -0.15) is 0 Å². The molecular formula is C14H14Cl2O. The van der Waals surface area contributed by atoms with Gasteiger partial charge in [0.05, 0.1) is 5.02 Å². The van der Waals surface area contributed by atoms with E-state index >= 15 is 0 Å². The zero-order valence-corrected chi connectivity index (χ0v) is 11.3. The van der Waals surface area contributed by atoms with E-state index in [4.69, 9.17) is 27.6 Å². The van der Waals surface area contributed by atoms with Crippen molar-refractivity contribution in [3.63, 3.8) is 0 Å². The molecule has 0 aliphatic heterocycles. The van der Waals surface area contributed by atoms with Crippen molar-refractivity contribution in [2.24, 2.45) is 5.92 Å². The van der Waals surface area contributed by atoms with Crippen molar-refractivity contribution in [1.82, 2.24) is 0 Å². The summed E-state index contributed by atoms with van der Waals surface area (Å²) in [5, 5.41) is 1.25. The summed E-state index contributed by atoms with van der Waals surface area (Å²) in [6.45, 7) is 4.33. The number of furan rings is 1. The van der Waals surface area contributed by atoms with Crippen LogP contribution in [-0.4, -0.2) is 0 Å². The highest BCUT2D eigenvalue weighted by molar-refractivity contribution is 6.36. The summed E-state index contributed by atoms with van der Waals surface area (Å²) in [7, 11) is 0. The lowest BCUT2D eigenvalue weighted by atomic mass is 10.1. The van der Waals surface area contributed by atoms with Crippen LogP contribution in [0.3, 0.4) is 0 Å². The van der Waals surface area contributed by atoms with Gasteiger partial charge in [-0.1, -0.05) is 37.0 Å². The molecule has 0 spiro atoms. The first kappa shape index (κ1) is 12.5. The molecule has 17 heavy (non-hydrogen) atoms. The van der Waals surface area contributed by atoms with Crippen LogP contribution in [0.1, 0.15) is 19.6 Å². The topological polar surface area (TPSA) is 13.1 Å². The molecule has 0 N–H and O–H groups in total. The molecule has 1 nitrogen and oxygen atoms in total. The van der Waals surface area contributed by atoms with Gasteiger partial charge >= 0.3 is 0 Å². The number of rotatable bonds is 3. The molecule has 2 rings (SSSR count). The van der Waals surface area contributed by atoms with Gasteiger partial charge in [0.1, 0.15) is 11.5 Å². The second-order valence-corrected chi connectivity index (χ2v) is 5.33. The van der Waals surface area contributed by atoms with Crippen molar-refractivity contribution in [2.75, 3.05) is 0 Å². The molecule has 0 atom stereocenters. The highest BCUT2D eigenvalue weighted by atomic mass is 35.5. The van der Waals surface area contributed by atoms with E-state index in [0.717, 1.165) is 23.5 Å². The Kier molecular flexibility index (Phi) is 3.80. The second kappa shape index (κ2) is 5.16. The Morgan fingerprint density at radius 1 is 1.12 bits per heavy atom. The first-order valence-corrected chi connectivity index (χ1v) is 6.36. The van der Waals surface area contributed by atoms with Crippen LogP contribution in [0.5, 0.6) is 0 Å². The molecule has 3 heteroatoms. The minimum absolute atomic E-state index is 0.578. The van der Waals surface area contributed by atoms with E-state index < -0.39 is 0 Å². The maximum atomic E-state index is 6.13. The van der Waals surface area contributed by atoms with Crippen molar-refractivity contribution < 1.29 is 4.42 Å². The fraction of sp³-hybridized carbons (Fsp3) is 0.286. The molecule has 90 valence electrons. The van der Waals surface area contributed by atoms with Crippen LogP contribution in [0.4, 0.5) is 0 Å². The van der Waals surface area contributed by atoms with Gasteiger partial charge in [-0.05, 0) is 36.2 Å². The fourth-order valence-electron chi connectivity index (χ4n) is 1.72. The normalized spacial score (nSPS) is 11.1. The van der Waals surface area contributed by atoms with Crippen LogP contribution >= 0.6 is 23.2 Å². The predicted molar refractivity (Wildman–Crippen MR) is 72.7 cm³/mol.